The van der Waals surface area contributed by atoms with Gasteiger partial charge in [-0.05, 0) is 19.3 Å². The van der Waals surface area contributed by atoms with E-state index in [1.165, 1.54) is 7.11 Å². The van der Waals surface area contributed by atoms with Gasteiger partial charge in [-0.25, -0.2) is 9.59 Å². The number of amides is 3. The van der Waals surface area contributed by atoms with Crippen LogP contribution in [0, 0.1) is 5.92 Å². The van der Waals surface area contributed by atoms with Gasteiger partial charge in [0.25, 0.3) is 5.91 Å². The van der Waals surface area contributed by atoms with Gasteiger partial charge in [-0.2, -0.15) is 0 Å². The molecule has 8 heteroatoms. The lowest BCUT2D eigenvalue weighted by molar-refractivity contribution is -0.158. The van der Waals surface area contributed by atoms with Crippen LogP contribution < -0.4 is 5.32 Å². The molecule has 3 amide bonds. The maximum absolute atomic E-state index is 12.6. The SMILES string of the molecule is CCOC(=O)C1CCC(=O)N1C(=O)[C@@H](NC(=O)OC)C(C)C. The number of hydrogen-bond acceptors (Lipinski definition) is 6. The van der Waals surface area contributed by atoms with Gasteiger partial charge in [-0.3, -0.25) is 14.5 Å². The molecule has 22 heavy (non-hydrogen) atoms. The van der Waals surface area contributed by atoms with Crippen LogP contribution >= 0.6 is 0 Å². The number of rotatable bonds is 5. The van der Waals surface area contributed by atoms with Crippen molar-refractivity contribution in [3.05, 3.63) is 0 Å². The summed E-state index contributed by atoms with van der Waals surface area (Å²) < 4.78 is 9.39. The fourth-order valence-electron chi connectivity index (χ4n) is 2.27. The Hall–Kier alpha value is -2.12. The standard InChI is InChI=1S/C14H22N2O6/c1-5-22-13(19)9-6-7-10(17)16(9)12(18)11(8(2)3)15-14(20)21-4/h8-9,11H,5-7H2,1-4H3,(H,15,20)/t9?,11-/m0/s1. The van der Waals surface area contributed by atoms with E-state index in [-0.39, 0.29) is 25.4 Å². The number of ether oxygens (including phenoxy) is 2. The van der Waals surface area contributed by atoms with E-state index in [0.29, 0.717) is 0 Å². The third kappa shape index (κ3) is 3.96. The number of carbonyl (C=O) groups is 4. The van der Waals surface area contributed by atoms with E-state index >= 15 is 0 Å². The fraction of sp³-hybridized carbons (Fsp3) is 0.714. The second-order valence-corrected chi connectivity index (χ2v) is 5.27. The summed E-state index contributed by atoms with van der Waals surface area (Å²) in [6.45, 7) is 5.26. The van der Waals surface area contributed by atoms with Crippen molar-refractivity contribution in [2.24, 2.45) is 5.92 Å². The summed E-state index contributed by atoms with van der Waals surface area (Å²) in [5.74, 6) is -1.95. The number of methoxy groups -OCH3 is 1. The molecule has 1 fully saturated rings. The van der Waals surface area contributed by atoms with Crippen LogP contribution in [0.15, 0.2) is 0 Å². The van der Waals surface area contributed by atoms with Crippen molar-refractivity contribution in [2.75, 3.05) is 13.7 Å². The van der Waals surface area contributed by atoms with Gasteiger partial charge in [-0.15, -0.1) is 0 Å². The lowest BCUT2D eigenvalue weighted by Crippen LogP contribution is -2.55. The molecule has 0 aromatic rings. The number of hydrogen-bond donors (Lipinski definition) is 1. The van der Waals surface area contributed by atoms with Crippen molar-refractivity contribution in [2.45, 2.75) is 45.7 Å². The summed E-state index contributed by atoms with van der Waals surface area (Å²) in [7, 11) is 1.18. The van der Waals surface area contributed by atoms with Gasteiger partial charge in [0.15, 0.2) is 0 Å². The first kappa shape index (κ1) is 17.9. The lowest BCUT2D eigenvalue weighted by Gasteiger charge is -2.28. The average molecular weight is 314 g/mol. The molecule has 1 unspecified atom stereocenters. The largest absolute Gasteiger partial charge is 0.464 e. The predicted octanol–water partition coefficient (Wildman–Crippen LogP) is 0.448. The normalized spacial score (nSPS) is 19.0. The van der Waals surface area contributed by atoms with Crippen LogP contribution in [0.1, 0.15) is 33.6 Å². The molecule has 0 radical (unpaired) electrons. The number of alkyl carbamates (subject to hydrolysis) is 1. The number of esters is 1. The van der Waals surface area contributed by atoms with Crippen LogP contribution in [0.2, 0.25) is 0 Å². The maximum atomic E-state index is 12.6. The first-order valence-electron chi connectivity index (χ1n) is 7.20. The summed E-state index contributed by atoms with van der Waals surface area (Å²) in [4.78, 5) is 48.7. The van der Waals surface area contributed by atoms with Crippen LogP contribution in [0.25, 0.3) is 0 Å². The van der Waals surface area contributed by atoms with E-state index in [2.05, 4.69) is 10.1 Å². The highest BCUT2D eigenvalue weighted by Gasteiger charge is 2.44. The molecule has 124 valence electrons. The molecule has 0 aliphatic carbocycles. The molecule has 0 aromatic heterocycles. The fourth-order valence-corrected chi connectivity index (χ4v) is 2.27. The third-order valence-corrected chi connectivity index (χ3v) is 3.40. The minimum absolute atomic E-state index is 0.0955. The van der Waals surface area contributed by atoms with Crippen molar-refractivity contribution >= 4 is 23.9 Å². The molecule has 0 bridgehead atoms. The Labute approximate surface area is 129 Å². The summed E-state index contributed by atoms with van der Waals surface area (Å²) in [5, 5.41) is 2.40. The lowest BCUT2D eigenvalue weighted by atomic mass is 10.0. The Bertz CT molecular complexity index is 462. The summed E-state index contributed by atoms with van der Waals surface area (Å²) in [6, 6.07) is -1.88. The van der Waals surface area contributed by atoms with E-state index in [9.17, 15) is 19.2 Å². The molecule has 0 aromatic carbocycles. The second kappa shape index (κ2) is 7.77. The molecule has 0 spiro atoms. The van der Waals surface area contributed by atoms with Crippen LogP contribution in [-0.2, 0) is 23.9 Å². The summed E-state index contributed by atoms with van der Waals surface area (Å²) in [6.07, 6.45) is -0.448. The molecular formula is C14H22N2O6. The molecule has 1 aliphatic rings. The van der Waals surface area contributed by atoms with Crippen molar-refractivity contribution < 1.29 is 28.7 Å². The predicted molar refractivity (Wildman–Crippen MR) is 75.7 cm³/mol. The molecule has 1 aliphatic heterocycles. The van der Waals surface area contributed by atoms with Gasteiger partial charge in [0.2, 0.25) is 5.91 Å². The minimum atomic E-state index is -0.952. The Kier molecular flexibility index (Phi) is 6.33. The zero-order valence-electron chi connectivity index (χ0n) is 13.3. The van der Waals surface area contributed by atoms with Crippen molar-refractivity contribution in [3.63, 3.8) is 0 Å². The highest BCUT2D eigenvalue weighted by Crippen LogP contribution is 2.22. The van der Waals surface area contributed by atoms with E-state index < -0.39 is 36.0 Å². The van der Waals surface area contributed by atoms with Crippen LogP contribution in [-0.4, -0.2) is 54.6 Å². The second-order valence-electron chi connectivity index (χ2n) is 5.27. The Morgan fingerprint density at radius 2 is 2.00 bits per heavy atom. The summed E-state index contributed by atoms with van der Waals surface area (Å²) in [5.41, 5.74) is 0. The van der Waals surface area contributed by atoms with Gasteiger partial charge < -0.3 is 14.8 Å². The molecule has 1 N–H and O–H groups in total. The van der Waals surface area contributed by atoms with E-state index in [1.807, 2.05) is 0 Å². The molecule has 8 nitrogen and oxygen atoms in total. The molecule has 2 atom stereocenters. The van der Waals surface area contributed by atoms with E-state index in [0.717, 1.165) is 4.90 Å². The molecule has 0 saturated carbocycles. The Morgan fingerprint density at radius 3 is 2.50 bits per heavy atom. The van der Waals surface area contributed by atoms with Crippen molar-refractivity contribution in [1.82, 2.24) is 10.2 Å². The molecule has 1 rings (SSSR count). The van der Waals surface area contributed by atoms with Crippen LogP contribution in [0.3, 0.4) is 0 Å². The highest BCUT2D eigenvalue weighted by atomic mass is 16.5. The van der Waals surface area contributed by atoms with E-state index in [1.54, 1.807) is 20.8 Å². The van der Waals surface area contributed by atoms with Crippen LogP contribution in [0.4, 0.5) is 4.79 Å². The number of nitrogens with one attached hydrogen (secondary N) is 1. The van der Waals surface area contributed by atoms with Gasteiger partial charge >= 0.3 is 12.1 Å². The number of carbonyl (C=O) groups excluding carboxylic acids is 4. The smallest absolute Gasteiger partial charge is 0.407 e. The maximum Gasteiger partial charge on any atom is 0.407 e. The first-order valence-corrected chi connectivity index (χ1v) is 7.20. The van der Waals surface area contributed by atoms with Crippen LogP contribution in [0.5, 0.6) is 0 Å². The van der Waals surface area contributed by atoms with Gasteiger partial charge in [0.1, 0.15) is 12.1 Å². The Balaban J connectivity index is 2.96. The number of likely N-dealkylation sites (tertiary alicyclic amines) is 1. The topological polar surface area (TPSA) is 102 Å². The molecule has 1 saturated heterocycles. The monoisotopic (exact) mass is 314 g/mol. The number of imide groups is 1. The number of nitrogens with zero attached hydrogens (tertiary/aromatic N) is 1. The first-order chi connectivity index (χ1) is 10.3. The minimum Gasteiger partial charge on any atom is -0.464 e. The molecular weight excluding hydrogens is 292 g/mol. The summed E-state index contributed by atoms with van der Waals surface area (Å²) >= 11 is 0. The van der Waals surface area contributed by atoms with Gasteiger partial charge in [0, 0.05) is 6.42 Å². The zero-order valence-corrected chi connectivity index (χ0v) is 13.3. The van der Waals surface area contributed by atoms with Crippen molar-refractivity contribution in [1.29, 1.82) is 0 Å². The molecule has 1 heterocycles. The Morgan fingerprint density at radius 1 is 1.36 bits per heavy atom. The quantitative estimate of drug-likeness (QED) is 0.739. The highest BCUT2D eigenvalue weighted by molar-refractivity contribution is 6.04. The third-order valence-electron chi connectivity index (χ3n) is 3.40. The van der Waals surface area contributed by atoms with E-state index in [4.69, 9.17) is 4.74 Å². The average Bonchev–Trinajstić information content (AvgIpc) is 2.85. The van der Waals surface area contributed by atoms with Crippen molar-refractivity contribution in [3.8, 4) is 0 Å². The van der Waals surface area contributed by atoms with Gasteiger partial charge in [-0.1, -0.05) is 13.8 Å². The van der Waals surface area contributed by atoms with Gasteiger partial charge in [0.05, 0.1) is 13.7 Å². The zero-order chi connectivity index (χ0) is 16.9.